The van der Waals surface area contributed by atoms with Gasteiger partial charge in [-0.25, -0.2) is 13.1 Å². The maximum Gasteiger partial charge on any atom is 0.261 e. The zero-order chi connectivity index (χ0) is 21.3. The van der Waals surface area contributed by atoms with Crippen LogP contribution in [0.5, 0.6) is 0 Å². The molecule has 0 unspecified atom stereocenters. The molecule has 0 saturated heterocycles. The molecule has 2 rings (SSSR count). The average Bonchev–Trinajstić information content (AvgIpc) is 3.18. The molecule has 0 radical (unpaired) electrons. The molecule has 2 amide bonds. The first-order valence-electron chi connectivity index (χ1n) is 9.42. The summed E-state index contributed by atoms with van der Waals surface area (Å²) >= 11 is 1.37. The van der Waals surface area contributed by atoms with Crippen LogP contribution < -0.4 is 15.4 Å². The second-order valence-corrected chi connectivity index (χ2v) is 9.62. The summed E-state index contributed by atoms with van der Waals surface area (Å²) in [5, 5.41) is 7.44. The second kappa shape index (κ2) is 11.1. The topological polar surface area (TPSA) is 104 Å². The number of rotatable bonds is 11. The summed E-state index contributed by atoms with van der Waals surface area (Å²) in [5.41, 5.74) is 1.42. The molecule has 1 aromatic carbocycles. The van der Waals surface area contributed by atoms with Crippen molar-refractivity contribution in [2.75, 3.05) is 6.54 Å². The Hall–Kier alpha value is -2.23. The van der Waals surface area contributed by atoms with Gasteiger partial charge < -0.3 is 10.6 Å². The zero-order valence-electron chi connectivity index (χ0n) is 16.6. The highest BCUT2D eigenvalue weighted by Gasteiger charge is 2.15. The molecule has 0 aliphatic rings. The van der Waals surface area contributed by atoms with Crippen LogP contribution in [0, 0.1) is 0 Å². The molecule has 0 aliphatic heterocycles. The highest BCUT2D eigenvalue weighted by atomic mass is 32.2. The van der Waals surface area contributed by atoms with Crippen LogP contribution in [0.2, 0.25) is 0 Å². The molecule has 1 aromatic heterocycles. The largest absolute Gasteiger partial charge is 0.352 e. The van der Waals surface area contributed by atoms with Crippen molar-refractivity contribution < 1.29 is 18.0 Å². The predicted molar refractivity (Wildman–Crippen MR) is 115 cm³/mol. The van der Waals surface area contributed by atoms with Gasteiger partial charge in [0.05, 0.1) is 10.6 Å². The Morgan fingerprint density at radius 3 is 2.41 bits per heavy atom. The van der Waals surface area contributed by atoms with Crippen LogP contribution >= 0.6 is 11.3 Å². The van der Waals surface area contributed by atoms with E-state index in [4.69, 9.17) is 0 Å². The van der Waals surface area contributed by atoms with E-state index in [0.29, 0.717) is 23.4 Å². The smallest absolute Gasteiger partial charge is 0.261 e. The monoisotopic (exact) mass is 437 g/mol. The summed E-state index contributed by atoms with van der Waals surface area (Å²) in [6.07, 6.45) is 0.803. The number of hydrogen-bond acceptors (Lipinski definition) is 5. The summed E-state index contributed by atoms with van der Waals surface area (Å²) in [7, 11) is -3.44. The van der Waals surface area contributed by atoms with E-state index in [1.54, 1.807) is 32.0 Å². The lowest BCUT2D eigenvalue weighted by atomic mass is 10.1. The van der Waals surface area contributed by atoms with E-state index in [9.17, 15) is 18.0 Å². The van der Waals surface area contributed by atoms with Crippen molar-refractivity contribution in [2.45, 2.75) is 45.0 Å². The number of hydrogen-bond donors (Lipinski definition) is 3. The number of sulfonamides is 1. The van der Waals surface area contributed by atoms with Crippen molar-refractivity contribution >= 4 is 33.2 Å². The molecule has 0 spiro atoms. The minimum atomic E-state index is -3.44. The van der Waals surface area contributed by atoms with Crippen molar-refractivity contribution in [2.24, 2.45) is 0 Å². The van der Waals surface area contributed by atoms with Gasteiger partial charge in [-0.1, -0.05) is 30.3 Å². The molecule has 0 atom stereocenters. The molecule has 0 bridgehead atoms. The zero-order valence-corrected chi connectivity index (χ0v) is 18.2. The van der Waals surface area contributed by atoms with Gasteiger partial charge in [0.2, 0.25) is 15.9 Å². The Balaban J connectivity index is 1.77. The van der Waals surface area contributed by atoms with Gasteiger partial charge in [0, 0.05) is 25.6 Å². The number of carbonyl (C=O) groups is 2. The van der Waals surface area contributed by atoms with Gasteiger partial charge in [-0.05, 0) is 42.8 Å². The number of amides is 2. The van der Waals surface area contributed by atoms with Crippen LogP contribution in [0.15, 0.2) is 41.8 Å². The van der Waals surface area contributed by atoms with Gasteiger partial charge in [0.25, 0.3) is 5.91 Å². The fourth-order valence-corrected chi connectivity index (χ4v) is 4.84. The first-order valence-corrected chi connectivity index (χ1v) is 11.9. The molecule has 2 aromatic rings. The lowest BCUT2D eigenvalue weighted by molar-refractivity contribution is -0.121. The highest BCUT2D eigenvalue weighted by molar-refractivity contribution is 7.88. The fourth-order valence-electron chi connectivity index (χ4n) is 2.70. The first-order chi connectivity index (χ1) is 13.8. The van der Waals surface area contributed by atoms with Crippen LogP contribution in [0.4, 0.5) is 0 Å². The SMILES string of the molecule is CC(C)NS(=O)(=O)Cc1ccccc1CNC(=O)CCCNC(=O)c1cccs1. The van der Waals surface area contributed by atoms with E-state index in [1.165, 1.54) is 11.3 Å². The third-order valence-corrected chi connectivity index (χ3v) is 6.36. The Kier molecular flexibility index (Phi) is 8.81. The van der Waals surface area contributed by atoms with Crippen molar-refractivity contribution in [3.05, 3.63) is 57.8 Å². The van der Waals surface area contributed by atoms with Crippen LogP contribution in [0.3, 0.4) is 0 Å². The van der Waals surface area contributed by atoms with Crippen LogP contribution in [0.1, 0.15) is 47.5 Å². The van der Waals surface area contributed by atoms with E-state index in [-0.39, 0.29) is 36.6 Å². The van der Waals surface area contributed by atoms with Crippen molar-refractivity contribution in [3.63, 3.8) is 0 Å². The Bertz CT molecular complexity index is 910. The molecule has 0 saturated carbocycles. The fraction of sp³-hybridized carbons (Fsp3) is 0.400. The van der Waals surface area contributed by atoms with Crippen LogP contribution in [0.25, 0.3) is 0 Å². The quantitative estimate of drug-likeness (QED) is 0.470. The van der Waals surface area contributed by atoms with Gasteiger partial charge in [0.1, 0.15) is 0 Å². The predicted octanol–water partition coefficient (Wildman–Crippen LogP) is 2.40. The standard InChI is InChI=1S/C20H27N3O4S2/c1-15(2)23-29(26,27)14-17-8-4-3-7-16(17)13-22-19(24)10-5-11-21-20(25)18-9-6-12-28-18/h3-4,6-9,12,15,23H,5,10-11,13-14H2,1-2H3,(H,21,25)(H,22,24). The number of thiophene rings is 1. The molecule has 3 N–H and O–H groups in total. The average molecular weight is 438 g/mol. The van der Waals surface area contributed by atoms with Crippen LogP contribution in [-0.2, 0) is 27.1 Å². The highest BCUT2D eigenvalue weighted by Crippen LogP contribution is 2.13. The number of nitrogens with one attached hydrogen (secondary N) is 3. The molecule has 9 heteroatoms. The minimum absolute atomic E-state index is 0.133. The molecule has 1 heterocycles. The van der Waals surface area contributed by atoms with Crippen molar-refractivity contribution in [1.29, 1.82) is 0 Å². The maximum absolute atomic E-state index is 12.2. The van der Waals surface area contributed by atoms with Gasteiger partial charge in [-0.15, -0.1) is 11.3 Å². The minimum Gasteiger partial charge on any atom is -0.352 e. The third kappa shape index (κ3) is 8.35. The summed E-state index contributed by atoms with van der Waals surface area (Å²) in [5.74, 6) is -0.412. The Morgan fingerprint density at radius 2 is 1.76 bits per heavy atom. The number of benzene rings is 1. The van der Waals surface area contributed by atoms with Gasteiger partial charge in [0.15, 0.2) is 0 Å². The molecule has 7 nitrogen and oxygen atoms in total. The summed E-state index contributed by atoms with van der Waals surface area (Å²) < 4.78 is 26.9. The number of carbonyl (C=O) groups excluding carboxylic acids is 2. The summed E-state index contributed by atoms with van der Waals surface area (Å²) in [6, 6.07) is 10.5. The lowest BCUT2D eigenvalue weighted by Gasteiger charge is -2.13. The van der Waals surface area contributed by atoms with Gasteiger partial charge in [-0.3, -0.25) is 9.59 Å². The van der Waals surface area contributed by atoms with E-state index in [2.05, 4.69) is 15.4 Å². The third-order valence-electron chi connectivity index (χ3n) is 3.97. The maximum atomic E-state index is 12.2. The molecular formula is C20H27N3O4S2. The summed E-state index contributed by atoms with van der Waals surface area (Å²) in [6.45, 7) is 4.21. The van der Waals surface area contributed by atoms with Crippen molar-refractivity contribution in [3.8, 4) is 0 Å². The van der Waals surface area contributed by atoms with E-state index < -0.39 is 10.0 Å². The summed E-state index contributed by atoms with van der Waals surface area (Å²) in [4.78, 5) is 24.5. The van der Waals surface area contributed by atoms with Crippen molar-refractivity contribution in [1.82, 2.24) is 15.4 Å². The van der Waals surface area contributed by atoms with E-state index in [0.717, 1.165) is 5.56 Å². The molecule has 0 aliphatic carbocycles. The van der Waals surface area contributed by atoms with E-state index >= 15 is 0 Å². The molecular weight excluding hydrogens is 410 g/mol. The normalized spacial score (nSPS) is 11.4. The Labute approximate surface area is 176 Å². The second-order valence-electron chi connectivity index (χ2n) is 6.91. The molecule has 29 heavy (non-hydrogen) atoms. The Morgan fingerprint density at radius 1 is 1.03 bits per heavy atom. The van der Waals surface area contributed by atoms with E-state index in [1.807, 2.05) is 23.6 Å². The van der Waals surface area contributed by atoms with Gasteiger partial charge >= 0.3 is 0 Å². The molecule has 158 valence electrons. The lowest BCUT2D eigenvalue weighted by Crippen LogP contribution is -2.32. The van der Waals surface area contributed by atoms with Gasteiger partial charge in [-0.2, -0.15) is 0 Å². The first kappa shape index (κ1) is 23.1. The molecule has 0 fully saturated rings. The van der Waals surface area contributed by atoms with Crippen LogP contribution in [-0.4, -0.2) is 32.8 Å².